The first kappa shape index (κ1) is 16.6. The van der Waals surface area contributed by atoms with Crippen LogP contribution in [0.4, 0.5) is 0 Å². The number of rotatable bonds is 3. The normalized spacial score (nSPS) is 26.0. The topological polar surface area (TPSA) is 9.23 Å². The van der Waals surface area contributed by atoms with E-state index < -0.39 is 0 Å². The van der Waals surface area contributed by atoms with Crippen LogP contribution in [0.15, 0.2) is 46.9 Å². The maximum absolute atomic E-state index is 6.64. The van der Waals surface area contributed by atoms with Gasteiger partial charge in [-0.25, -0.2) is 0 Å². The van der Waals surface area contributed by atoms with Gasteiger partial charge in [0, 0.05) is 11.3 Å². The molecule has 0 amide bonds. The van der Waals surface area contributed by atoms with Gasteiger partial charge in [0.15, 0.2) is 0 Å². The second-order valence-electron chi connectivity index (χ2n) is 7.78. The maximum Gasteiger partial charge on any atom is 0.144 e. The van der Waals surface area contributed by atoms with Gasteiger partial charge in [-0.15, -0.1) is 0 Å². The van der Waals surface area contributed by atoms with Crippen LogP contribution >= 0.6 is 11.8 Å². The van der Waals surface area contributed by atoms with Gasteiger partial charge in [0.05, 0.1) is 5.60 Å². The average molecular weight is 304 g/mol. The number of allylic oxidation sites excluding steroid dienone is 5. The van der Waals surface area contributed by atoms with E-state index in [0.29, 0.717) is 0 Å². The van der Waals surface area contributed by atoms with Gasteiger partial charge >= 0.3 is 0 Å². The largest absolute Gasteiger partial charge is 0.354 e. The Kier molecular flexibility index (Phi) is 4.60. The fraction of sp³-hybridized carbons (Fsp3) is 0.579. The standard InChI is InChI=1S/C19H28OS/c1-17(2,3)16-13-9-10-14-19(16,20-18(4,5)6)21-15-11-7-8-12-15/h7,9-13H,8,14H2,1-6H3. The molecule has 1 atom stereocenters. The van der Waals surface area contributed by atoms with Crippen molar-refractivity contribution in [3.8, 4) is 0 Å². The van der Waals surface area contributed by atoms with Crippen LogP contribution in [0.1, 0.15) is 54.4 Å². The van der Waals surface area contributed by atoms with E-state index in [2.05, 4.69) is 78.0 Å². The molecule has 0 bridgehead atoms. The third kappa shape index (κ3) is 4.14. The predicted molar refractivity (Wildman–Crippen MR) is 94.3 cm³/mol. The molecule has 2 rings (SSSR count). The van der Waals surface area contributed by atoms with Crippen LogP contribution in [-0.4, -0.2) is 10.5 Å². The van der Waals surface area contributed by atoms with Crippen molar-refractivity contribution in [2.75, 3.05) is 0 Å². The summed E-state index contributed by atoms with van der Waals surface area (Å²) < 4.78 is 6.64. The molecule has 2 heteroatoms. The summed E-state index contributed by atoms with van der Waals surface area (Å²) in [5.74, 6) is 0. The molecule has 2 aliphatic carbocycles. The van der Waals surface area contributed by atoms with Gasteiger partial charge in [-0.1, -0.05) is 69.0 Å². The molecule has 0 heterocycles. The third-order valence-corrected chi connectivity index (χ3v) is 4.83. The highest BCUT2D eigenvalue weighted by Crippen LogP contribution is 2.52. The second-order valence-corrected chi connectivity index (χ2v) is 9.11. The lowest BCUT2D eigenvalue weighted by molar-refractivity contribution is -0.0671. The van der Waals surface area contributed by atoms with Crippen molar-refractivity contribution in [2.45, 2.75) is 64.9 Å². The fourth-order valence-electron chi connectivity index (χ4n) is 2.86. The lowest BCUT2D eigenvalue weighted by Gasteiger charge is -2.45. The van der Waals surface area contributed by atoms with Gasteiger partial charge in [0.1, 0.15) is 4.93 Å². The van der Waals surface area contributed by atoms with Crippen molar-refractivity contribution in [1.29, 1.82) is 0 Å². The Balaban J connectivity index is 2.41. The van der Waals surface area contributed by atoms with E-state index in [4.69, 9.17) is 4.74 Å². The molecule has 0 radical (unpaired) electrons. The predicted octanol–water partition coefficient (Wildman–Crippen LogP) is 6.01. The first-order chi connectivity index (χ1) is 9.62. The Morgan fingerprint density at radius 2 is 1.81 bits per heavy atom. The van der Waals surface area contributed by atoms with Crippen LogP contribution in [0.5, 0.6) is 0 Å². The lowest BCUT2D eigenvalue weighted by Crippen LogP contribution is -2.43. The molecule has 0 aliphatic heterocycles. The van der Waals surface area contributed by atoms with Gasteiger partial charge < -0.3 is 4.74 Å². The van der Waals surface area contributed by atoms with Crippen molar-refractivity contribution >= 4 is 11.8 Å². The first-order valence-corrected chi connectivity index (χ1v) is 8.58. The van der Waals surface area contributed by atoms with Crippen LogP contribution in [-0.2, 0) is 4.74 Å². The molecule has 0 fully saturated rings. The van der Waals surface area contributed by atoms with E-state index in [0.717, 1.165) is 12.8 Å². The summed E-state index contributed by atoms with van der Waals surface area (Å²) in [4.78, 5) is 1.02. The summed E-state index contributed by atoms with van der Waals surface area (Å²) in [7, 11) is 0. The summed E-state index contributed by atoms with van der Waals surface area (Å²) in [6.45, 7) is 13.3. The highest BCUT2D eigenvalue weighted by molar-refractivity contribution is 8.04. The molecule has 1 unspecified atom stereocenters. The zero-order chi connectivity index (χ0) is 15.7. The van der Waals surface area contributed by atoms with Crippen molar-refractivity contribution in [2.24, 2.45) is 5.41 Å². The number of hydrogen-bond acceptors (Lipinski definition) is 2. The fourth-order valence-corrected chi connectivity index (χ4v) is 4.54. The zero-order valence-corrected chi connectivity index (χ0v) is 15.0. The van der Waals surface area contributed by atoms with Gasteiger partial charge in [-0.2, -0.15) is 0 Å². The van der Waals surface area contributed by atoms with E-state index >= 15 is 0 Å². The SMILES string of the molecule is CC(C)(C)OC1(SC2=CCC=C2)CC=CC=C1C(C)(C)C. The van der Waals surface area contributed by atoms with Gasteiger partial charge in [-0.05, 0) is 38.2 Å². The van der Waals surface area contributed by atoms with Gasteiger partial charge in [-0.3, -0.25) is 0 Å². The highest BCUT2D eigenvalue weighted by atomic mass is 32.2. The molecule has 0 saturated heterocycles. The van der Waals surface area contributed by atoms with Crippen molar-refractivity contribution in [3.63, 3.8) is 0 Å². The minimum atomic E-state index is -0.300. The molecule has 116 valence electrons. The van der Waals surface area contributed by atoms with Crippen LogP contribution in [0.3, 0.4) is 0 Å². The van der Waals surface area contributed by atoms with E-state index in [1.54, 1.807) is 0 Å². The summed E-state index contributed by atoms with van der Waals surface area (Å²) in [5, 5.41) is 0. The minimum Gasteiger partial charge on any atom is -0.354 e. The Hall–Kier alpha value is -0.730. The molecular weight excluding hydrogens is 276 g/mol. The quantitative estimate of drug-likeness (QED) is 0.591. The van der Waals surface area contributed by atoms with Crippen LogP contribution in [0, 0.1) is 5.41 Å². The summed E-state index contributed by atoms with van der Waals surface area (Å²) in [6, 6.07) is 0. The lowest BCUT2D eigenvalue weighted by atomic mass is 9.79. The number of thioether (sulfide) groups is 1. The zero-order valence-electron chi connectivity index (χ0n) is 14.2. The Morgan fingerprint density at radius 3 is 2.33 bits per heavy atom. The molecule has 0 aromatic heterocycles. The van der Waals surface area contributed by atoms with E-state index in [9.17, 15) is 0 Å². The van der Waals surface area contributed by atoms with Crippen LogP contribution in [0.25, 0.3) is 0 Å². The van der Waals surface area contributed by atoms with Crippen LogP contribution < -0.4 is 0 Å². The third-order valence-electron chi connectivity index (χ3n) is 3.49. The molecular formula is C19H28OS. The summed E-state index contributed by atoms with van der Waals surface area (Å²) in [6.07, 6.45) is 15.3. The second kappa shape index (κ2) is 5.81. The number of ether oxygens (including phenoxy) is 1. The molecule has 0 aromatic carbocycles. The molecule has 0 saturated carbocycles. The highest BCUT2D eigenvalue weighted by Gasteiger charge is 2.44. The van der Waals surface area contributed by atoms with E-state index in [-0.39, 0.29) is 15.9 Å². The van der Waals surface area contributed by atoms with Crippen molar-refractivity contribution in [3.05, 3.63) is 46.9 Å². The Labute approximate surface area is 134 Å². The Morgan fingerprint density at radius 1 is 1.10 bits per heavy atom. The monoisotopic (exact) mass is 304 g/mol. The van der Waals surface area contributed by atoms with Crippen molar-refractivity contribution in [1.82, 2.24) is 0 Å². The van der Waals surface area contributed by atoms with Gasteiger partial charge in [0.2, 0.25) is 0 Å². The molecule has 2 aliphatic rings. The molecule has 0 spiro atoms. The molecule has 0 aromatic rings. The average Bonchev–Trinajstić information content (AvgIpc) is 2.78. The smallest absolute Gasteiger partial charge is 0.144 e. The first-order valence-electron chi connectivity index (χ1n) is 7.76. The summed E-state index contributed by atoms with van der Waals surface area (Å²) in [5.41, 5.74) is 1.29. The molecule has 0 N–H and O–H groups in total. The Bertz CT molecular complexity index is 509. The summed E-state index contributed by atoms with van der Waals surface area (Å²) >= 11 is 1.87. The molecule has 1 nitrogen and oxygen atoms in total. The maximum atomic E-state index is 6.64. The van der Waals surface area contributed by atoms with Crippen molar-refractivity contribution < 1.29 is 4.74 Å². The molecule has 21 heavy (non-hydrogen) atoms. The van der Waals surface area contributed by atoms with E-state index in [1.807, 2.05) is 11.8 Å². The minimum absolute atomic E-state index is 0.0892. The van der Waals surface area contributed by atoms with E-state index in [1.165, 1.54) is 10.5 Å². The number of hydrogen-bond donors (Lipinski definition) is 0. The van der Waals surface area contributed by atoms with Gasteiger partial charge in [0.25, 0.3) is 0 Å². The van der Waals surface area contributed by atoms with Crippen LogP contribution in [0.2, 0.25) is 0 Å².